The van der Waals surface area contributed by atoms with Crippen molar-refractivity contribution in [2.24, 2.45) is 0 Å². The van der Waals surface area contributed by atoms with Gasteiger partial charge in [0, 0.05) is 24.0 Å². The summed E-state index contributed by atoms with van der Waals surface area (Å²) in [5, 5.41) is 2.58. The van der Waals surface area contributed by atoms with E-state index in [-0.39, 0.29) is 18.4 Å². The first kappa shape index (κ1) is 12.1. The summed E-state index contributed by atoms with van der Waals surface area (Å²) in [6.07, 6.45) is 0.371. The number of carbonyl (C=O) groups excluding carboxylic acids is 2. The molecule has 1 aromatic rings. The van der Waals surface area contributed by atoms with E-state index in [4.69, 9.17) is 0 Å². The minimum Gasteiger partial charge on any atom is -0.347 e. The quantitative estimate of drug-likeness (QED) is 0.894. The van der Waals surface area contributed by atoms with Gasteiger partial charge in [-0.3, -0.25) is 9.59 Å². The molecule has 90 valence electrons. The van der Waals surface area contributed by atoms with Crippen molar-refractivity contribution in [3.8, 4) is 0 Å². The van der Waals surface area contributed by atoms with Crippen LogP contribution in [-0.2, 0) is 16.1 Å². The summed E-state index contributed by atoms with van der Waals surface area (Å²) >= 11 is 3.45. The minimum atomic E-state index is -0.0621. The fourth-order valence-corrected chi connectivity index (χ4v) is 2.15. The highest BCUT2D eigenvalue weighted by Crippen LogP contribution is 2.18. The zero-order chi connectivity index (χ0) is 12.3. The van der Waals surface area contributed by atoms with Crippen LogP contribution in [-0.4, -0.2) is 29.8 Å². The van der Waals surface area contributed by atoms with Crippen molar-refractivity contribution in [3.63, 3.8) is 0 Å². The Hall–Kier alpha value is -1.36. The first-order valence-electron chi connectivity index (χ1n) is 5.44. The van der Waals surface area contributed by atoms with E-state index >= 15 is 0 Å². The number of nitrogens with zero attached hydrogens (tertiary/aromatic N) is 1. The molecule has 0 saturated carbocycles. The molecule has 0 aromatic heterocycles. The molecule has 1 fully saturated rings. The largest absolute Gasteiger partial charge is 0.347 e. The molecule has 1 heterocycles. The van der Waals surface area contributed by atoms with Crippen LogP contribution in [0.2, 0.25) is 0 Å². The molecule has 0 radical (unpaired) electrons. The van der Waals surface area contributed by atoms with Gasteiger partial charge in [-0.05, 0) is 11.6 Å². The first-order valence-corrected chi connectivity index (χ1v) is 6.24. The molecule has 1 aliphatic heterocycles. The Morgan fingerprint density at radius 2 is 2.06 bits per heavy atom. The molecule has 0 atom stereocenters. The average Bonchev–Trinajstić information content (AvgIpc) is 2.47. The molecule has 0 aliphatic carbocycles. The van der Waals surface area contributed by atoms with Gasteiger partial charge in [0.2, 0.25) is 11.8 Å². The molecule has 2 amide bonds. The predicted molar refractivity (Wildman–Crippen MR) is 67.2 cm³/mol. The van der Waals surface area contributed by atoms with E-state index in [0.29, 0.717) is 19.5 Å². The second-order valence-electron chi connectivity index (χ2n) is 3.93. The normalized spacial score (nSPS) is 16.6. The lowest BCUT2D eigenvalue weighted by molar-refractivity contribution is -0.130. The molecule has 5 heteroatoms. The van der Waals surface area contributed by atoms with Crippen molar-refractivity contribution in [1.82, 2.24) is 10.2 Å². The third-order valence-corrected chi connectivity index (χ3v) is 3.49. The number of carbonyl (C=O) groups is 2. The van der Waals surface area contributed by atoms with Crippen molar-refractivity contribution in [2.45, 2.75) is 13.0 Å². The third kappa shape index (κ3) is 3.06. The van der Waals surface area contributed by atoms with Crippen molar-refractivity contribution in [3.05, 3.63) is 34.3 Å². The molecular formula is C12H13BrN2O2. The second kappa shape index (κ2) is 5.31. The molecule has 4 nitrogen and oxygen atoms in total. The van der Waals surface area contributed by atoms with Crippen molar-refractivity contribution in [2.75, 3.05) is 13.1 Å². The van der Waals surface area contributed by atoms with E-state index in [1.165, 1.54) is 0 Å². The summed E-state index contributed by atoms with van der Waals surface area (Å²) in [5.41, 5.74) is 1.05. The molecule has 1 aliphatic rings. The Labute approximate surface area is 108 Å². The third-order valence-electron chi connectivity index (χ3n) is 2.72. The zero-order valence-electron chi connectivity index (χ0n) is 9.28. The summed E-state index contributed by atoms with van der Waals surface area (Å²) in [6, 6.07) is 7.78. The van der Waals surface area contributed by atoms with Gasteiger partial charge in [0.25, 0.3) is 0 Å². The summed E-state index contributed by atoms with van der Waals surface area (Å²) in [4.78, 5) is 24.7. The van der Waals surface area contributed by atoms with Crippen LogP contribution < -0.4 is 5.32 Å². The van der Waals surface area contributed by atoms with Gasteiger partial charge in [0.05, 0.1) is 6.54 Å². The van der Waals surface area contributed by atoms with Gasteiger partial charge in [-0.15, -0.1) is 0 Å². The van der Waals surface area contributed by atoms with Crippen molar-refractivity contribution >= 4 is 27.7 Å². The van der Waals surface area contributed by atoms with Crippen LogP contribution in [0.3, 0.4) is 0 Å². The van der Waals surface area contributed by atoms with E-state index in [0.717, 1.165) is 10.0 Å². The number of hydrogen-bond donors (Lipinski definition) is 1. The van der Waals surface area contributed by atoms with Crippen LogP contribution in [0.4, 0.5) is 0 Å². The van der Waals surface area contributed by atoms with E-state index < -0.39 is 0 Å². The van der Waals surface area contributed by atoms with Crippen LogP contribution in [0.25, 0.3) is 0 Å². The Balaban J connectivity index is 2.10. The maximum atomic E-state index is 11.8. The van der Waals surface area contributed by atoms with Gasteiger partial charge < -0.3 is 10.2 Å². The molecule has 2 rings (SSSR count). The summed E-state index contributed by atoms with van der Waals surface area (Å²) in [5.74, 6) is -0.0976. The lowest BCUT2D eigenvalue weighted by atomic mass is 10.2. The second-order valence-corrected chi connectivity index (χ2v) is 4.79. The Morgan fingerprint density at radius 1 is 1.29 bits per heavy atom. The van der Waals surface area contributed by atoms with Crippen LogP contribution in [0.15, 0.2) is 28.7 Å². The summed E-state index contributed by atoms with van der Waals surface area (Å²) in [7, 11) is 0. The minimum absolute atomic E-state index is 0.0356. The molecule has 0 bridgehead atoms. The highest BCUT2D eigenvalue weighted by Gasteiger charge is 2.20. The van der Waals surface area contributed by atoms with Gasteiger partial charge in [-0.1, -0.05) is 34.1 Å². The number of benzene rings is 1. The number of nitrogens with one attached hydrogen (secondary N) is 1. The summed E-state index contributed by atoms with van der Waals surface area (Å²) in [6.45, 7) is 1.12. The standard InChI is InChI=1S/C12H13BrN2O2/c13-10-4-2-1-3-9(10)8-15-6-5-11(16)14-7-12(15)17/h1-4H,5-8H2,(H,14,16). The highest BCUT2D eigenvalue weighted by molar-refractivity contribution is 9.10. The van der Waals surface area contributed by atoms with Gasteiger partial charge in [0.1, 0.15) is 0 Å². The zero-order valence-corrected chi connectivity index (χ0v) is 10.9. The Bertz CT molecular complexity index is 448. The molecule has 0 spiro atoms. The molecule has 1 aromatic carbocycles. The monoisotopic (exact) mass is 296 g/mol. The fourth-order valence-electron chi connectivity index (χ4n) is 1.74. The fraction of sp³-hybridized carbons (Fsp3) is 0.333. The molecule has 17 heavy (non-hydrogen) atoms. The van der Waals surface area contributed by atoms with Crippen molar-refractivity contribution < 1.29 is 9.59 Å². The van der Waals surface area contributed by atoms with Crippen LogP contribution >= 0.6 is 15.9 Å². The summed E-state index contributed by atoms with van der Waals surface area (Å²) < 4.78 is 0.983. The first-order chi connectivity index (χ1) is 8.16. The molecule has 0 unspecified atom stereocenters. The highest BCUT2D eigenvalue weighted by atomic mass is 79.9. The van der Waals surface area contributed by atoms with Crippen LogP contribution in [0.5, 0.6) is 0 Å². The lowest BCUT2D eigenvalue weighted by Gasteiger charge is -2.20. The van der Waals surface area contributed by atoms with E-state index in [1.54, 1.807) is 4.90 Å². The molecule has 1 N–H and O–H groups in total. The number of rotatable bonds is 2. The van der Waals surface area contributed by atoms with Gasteiger partial charge >= 0.3 is 0 Å². The lowest BCUT2D eigenvalue weighted by Crippen LogP contribution is -2.34. The molecule has 1 saturated heterocycles. The number of hydrogen-bond acceptors (Lipinski definition) is 2. The predicted octanol–water partition coefficient (Wildman–Crippen LogP) is 1.30. The van der Waals surface area contributed by atoms with E-state index in [9.17, 15) is 9.59 Å². The van der Waals surface area contributed by atoms with Gasteiger partial charge in [0.15, 0.2) is 0 Å². The number of halogens is 1. The average molecular weight is 297 g/mol. The topological polar surface area (TPSA) is 49.4 Å². The van der Waals surface area contributed by atoms with Gasteiger partial charge in [-0.2, -0.15) is 0 Å². The van der Waals surface area contributed by atoms with Crippen molar-refractivity contribution in [1.29, 1.82) is 0 Å². The SMILES string of the molecule is O=C1CCN(Cc2ccccc2Br)C(=O)CN1. The van der Waals surface area contributed by atoms with E-state index in [2.05, 4.69) is 21.2 Å². The Morgan fingerprint density at radius 3 is 2.82 bits per heavy atom. The molecular weight excluding hydrogens is 284 g/mol. The Kier molecular flexibility index (Phi) is 3.78. The smallest absolute Gasteiger partial charge is 0.242 e. The number of amides is 2. The van der Waals surface area contributed by atoms with Gasteiger partial charge in [-0.25, -0.2) is 0 Å². The maximum Gasteiger partial charge on any atom is 0.242 e. The van der Waals surface area contributed by atoms with Crippen LogP contribution in [0, 0.1) is 0 Å². The maximum absolute atomic E-state index is 11.8. The van der Waals surface area contributed by atoms with Crippen LogP contribution in [0.1, 0.15) is 12.0 Å². The van der Waals surface area contributed by atoms with E-state index in [1.807, 2.05) is 24.3 Å².